The highest BCUT2D eigenvalue weighted by Crippen LogP contribution is 2.34. The third-order valence-electron chi connectivity index (χ3n) is 3.68. The van der Waals surface area contributed by atoms with Crippen LogP contribution in [0.25, 0.3) is 0 Å². The lowest BCUT2D eigenvalue weighted by molar-refractivity contribution is 0.159. The highest BCUT2D eigenvalue weighted by molar-refractivity contribution is 5.40. The van der Waals surface area contributed by atoms with Crippen molar-refractivity contribution in [3.8, 4) is 5.75 Å². The third kappa shape index (κ3) is 2.64. The molecule has 2 unspecified atom stereocenters. The molecule has 0 saturated carbocycles. The van der Waals surface area contributed by atoms with E-state index in [0.717, 1.165) is 24.2 Å². The lowest BCUT2D eigenvalue weighted by Gasteiger charge is -2.30. The first kappa shape index (κ1) is 12.2. The smallest absolute Gasteiger partial charge is 0.124 e. The van der Waals surface area contributed by atoms with Crippen LogP contribution < -0.4 is 10.5 Å². The fourth-order valence-electron chi connectivity index (χ4n) is 2.70. The van der Waals surface area contributed by atoms with Crippen molar-refractivity contribution in [1.29, 1.82) is 0 Å². The average molecular weight is 253 g/mol. The van der Waals surface area contributed by atoms with Gasteiger partial charge in [0.15, 0.2) is 0 Å². The summed E-state index contributed by atoms with van der Waals surface area (Å²) in [5.41, 5.74) is 9.96. The van der Waals surface area contributed by atoms with E-state index in [1.807, 2.05) is 12.1 Å². The van der Waals surface area contributed by atoms with Gasteiger partial charge >= 0.3 is 0 Å². The van der Waals surface area contributed by atoms with E-state index in [2.05, 4.69) is 43.3 Å². The Morgan fingerprint density at radius 1 is 1.16 bits per heavy atom. The van der Waals surface area contributed by atoms with Gasteiger partial charge in [0.1, 0.15) is 11.9 Å². The lowest BCUT2D eigenvalue weighted by atomic mass is 9.93. The molecule has 19 heavy (non-hydrogen) atoms. The molecule has 2 aromatic carbocycles. The van der Waals surface area contributed by atoms with Gasteiger partial charge in [0.2, 0.25) is 0 Å². The molecule has 2 heteroatoms. The molecule has 98 valence electrons. The van der Waals surface area contributed by atoms with Crippen LogP contribution in [0.4, 0.5) is 0 Å². The van der Waals surface area contributed by atoms with Gasteiger partial charge in [0.05, 0.1) is 0 Å². The Morgan fingerprint density at radius 3 is 2.74 bits per heavy atom. The number of hydrogen-bond acceptors (Lipinski definition) is 2. The van der Waals surface area contributed by atoms with Gasteiger partial charge in [-0.05, 0) is 18.6 Å². The van der Waals surface area contributed by atoms with Crippen LogP contribution in [0, 0.1) is 6.92 Å². The largest absolute Gasteiger partial charge is 0.490 e. The van der Waals surface area contributed by atoms with Crippen LogP contribution in [-0.2, 0) is 6.42 Å². The molecular weight excluding hydrogens is 234 g/mol. The van der Waals surface area contributed by atoms with E-state index in [-0.39, 0.29) is 12.1 Å². The molecular formula is C17H19NO. The second-order valence-electron chi connectivity index (χ2n) is 5.31. The maximum Gasteiger partial charge on any atom is 0.124 e. The zero-order valence-electron chi connectivity index (χ0n) is 11.2. The standard InChI is InChI=1S/C17H19NO/c1-12-7-8-17-15(9-12)16(18)11-14(19-17)10-13-5-3-2-4-6-13/h2-9,14,16H,10-11,18H2,1H3. The van der Waals surface area contributed by atoms with Crippen LogP contribution in [-0.4, -0.2) is 6.10 Å². The lowest BCUT2D eigenvalue weighted by Crippen LogP contribution is -2.31. The van der Waals surface area contributed by atoms with Gasteiger partial charge in [-0.3, -0.25) is 0 Å². The summed E-state index contributed by atoms with van der Waals surface area (Å²) < 4.78 is 6.08. The maximum absolute atomic E-state index is 6.28. The van der Waals surface area contributed by atoms with E-state index in [1.165, 1.54) is 11.1 Å². The Hall–Kier alpha value is -1.80. The van der Waals surface area contributed by atoms with Crippen LogP contribution in [0.15, 0.2) is 48.5 Å². The number of benzene rings is 2. The van der Waals surface area contributed by atoms with E-state index in [1.54, 1.807) is 0 Å². The molecule has 3 rings (SSSR count). The molecule has 0 amide bonds. The number of fused-ring (bicyclic) bond motifs is 1. The molecule has 0 bridgehead atoms. The fourth-order valence-corrected chi connectivity index (χ4v) is 2.70. The van der Waals surface area contributed by atoms with E-state index >= 15 is 0 Å². The van der Waals surface area contributed by atoms with Gasteiger partial charge in [-0.2, -0.15) is 0 Å². The van der Waals surface area contributed by atoms with E-state index in [4.69, 9.17) is 10.5 Å². The summed E-state index contributed by atoms with van der Waals surface area (Å²) in [6, 6.07) is 16.8. The van der Waals surface area contributed by atoms with Crippen LogP contribution in [0.2, 0.25) is 0 Å². The normalized spacial score (nSPS) is 21.6. The summed E-state index contributed by atoms with van der Waals surface area (Å²) in [6.07, 6.45) is 1.97. The first-order valence-corrected chi connectivity index (χ1v) is 6.79. The third-order valence-corrected chi connectivity index (χ3v) is 3.68. The Labute approximate surface area is 114 Å². The van der Waals surface area contributed by atoms with Crippen LogP contribution in [0.5, 0.6) is 5.75 Å². The number of rotatable bonds is 2. The maximum atomic E-state index is 6.28. The molecule has 0 aliphatic carbocycles. The van der Waals surface area contributed by atoms with Gasteiger partial charge in [0.25, 0.3) is 0 Å². The molecule has 2 nitrogen and oxygen atoms in total. The Morgan fingerprint density at radius 2 is 1.95 bits per heavy atom. The van der Waals surface area contributed by atoms with E-state index < -0.39 is 0 Å². The number of hydrogen-bond donors (Lipinski definition) is 1. The number of nitrogens with two attached hydrogens (primary N) is 1. The van der Waals surface area contributed by atoms with Crippen molar-refractivity contribution >= 4 is 0 Å². The first-order valence-electron chi connectivity index (χ1n) is 6.79. The van der Waals surface area contributed by atoms with Crippen molar-refractivity contribution in [1.82, 2.24) is 0 Å². The highest BCUT2D eigenvalue weighted by Gasteiger charge is 2.25. The molecule has 0 radical (unpaired) electrons. The van der Waals surface area contributed by atoms with E-state index in [9.17, 15) is 0 Å². The van der Waals surface area contributed by atoms with Gasteiger partial charge < -0.3 is 10.5 Å². The fraction of sp³-hybridized carbons (Fsp3) is 0.294. The average Bonchev–Trinajstić information content (AvgIpc) is 2.41. The summed E-state index contributed by atoms with van der Waals surface area (Å²) in [5, 5.41) is 0. The van der Waals surface area contributed by atoms with Crippen LogP contribution in [0.3, 0.4) is 0 Å². The van der Waals surface area contributed by atoms with Crippen molar-refractivity contribution in [2.45, 2.75) is 31.9 Å². The van der Waals surface area contributed by atoms with Gasteiger partial charge in [-0.1, -0.05) is 48.0 Å². The zero-order chi connectivity index (χ0) is 13.2. The van der Waals surface area contributed by atoms with Crippen molar-refractivity contribution in [2.75, 3.05) is 0 Å². The number of ether oxygens (including phenoxy) is 1. The topological polar surface area (TPSA) is 35.2 Å². The monoisotopic (exact) mass is 253 g/mol. The summed E-state index contributed by atoms with van der Waals surface area (Å²) in [4.78, 5) is 0. The van der Waals surface area contributed by atoms with Gasteiger partial charge in [-0.25, -0.2) is 0 Å². The molecule has 2 aromatic rings. The van der Waals surface area contributed by atoms with Crippen molar-refractivity contribution < 1.29 is 4.74 Å². The quantitative estimate of drug-likeness (QED) is 0.890. The van der Waals surface area contributed by atoms with Crippen molar-refractivity contribution in [3.63, 3.8) is 0 Å². The van der Waals surface area contributed by atoms with Crippen LogP contribution in [0.1, 0.15) is 29.2 Å². The van der Waals surface area contributed by atoms with Crippen molar-refractivity contribution in [2.24, 2.45) is 5.73 Å². The Balaban J connectivity index is 1.80. The molecule has 0 fully saturated rings. The van der Waals surface area contributed by atoms with Gasteiger partial charge in [-0.15, -0.1) is 0 Å². The Bertz CT molecular complexity index is 565. The van der Waals surface area contributed by atoms with Crippen LogP contribution >= 0.6 is 0 Å². The second-order valence-corrected chi connectivity index (χ2v) is 5.31. The summed E-state index contributed by atoms with van der Waals surface area (Å²) in [7, 11) is 0. The van der Waals surface area contributed by atoms with E-state index in [0.29, 0.717) is 0 Å². The summed E-state index contributed by atoms with van der Waals surface area (Å²) in [5.74, 6) is 0.949. The minimum absolute atomic E-state index is 0.0809. The SMILES string of the molecule is Cc1ccc2c(c1)C(N)CC(Cc1ccccc1)O2. The summed E-state index contributed by atoms with van der Waals surface area (Å²) in [6.45, 7) is 2.09. The predicted molar refractivity (Wildman–Crippen MR) is 77.3 cm³/mol. The number of aryl methyl sites for hydroxylation is 1. The van der Waals surface area contributed by atoms with Gasteiger partial charge in [0, 0.05) is 24.4 Å². The molecule has 2 atom stereocenters. The molecule has 2 N–H and O–H groups in total. The minimum atomic E-state index is 0.0809. The minimum Gasteiger partial charge on any atom is -0.490 e. The molecule has 1 aliphatic rings. The Kier molecular flexibility index (Phi) is 3.26. The second kappa shape index (κ2) is 5.06. The first-order chi connectivity index (χ1) is 9.22. The molecule has 0 saturated heterocycles. The molecule has 1 heterocycles. The molecule has 0 aromatic heterocycles. The zero-order valence-corrected chi connectivity index (χ0v) is 11.2. The predicted octanol–water partition coefficient (Wildman–Crippen LogP) is 3.39. The summed E-state index contributed by atoms with van der Waals surface area (Å²) >= 11 is 0. The molecule has 1 aliphatic heterocycles. The highest BCUT2D eigenvalue weighted by atomic mass is 16.5. The molecule has 0 spiro atoms. The van der Waals surface area contributed by atoms with Crippen molar-refractivity contribution in [3.05, 3.63) is 65.2 Å².